The number of unbranched alkanes of at least 4 members (excludes halogenated alkanes) is 8. The Morgan fingerprint density at radius 1 is 0.718 bits per heavy atom. The Kier molecular flexibility index (Phi) is 20.2. The first-order valence-electron chi connectivity index (χ1n) is 14.0. The molecule has 0 saturated heterocycles. The van der Waals surface area contributed by atoms with Gasteiger partial charge in [0.25, 0.3) is 0 Å². The Morgan fingerprint density at radius 2 is 1.26 bits per heavy atom. The van der Waals surface area contributed by atoms with Gasteiger partial charge in [-0.15, -0.1) is 0 Å². The lowest BCUT2D eigenvalue weighted by Gasteiger charge is -2.24. The van der Waals surface area contributed by atoms with E-state index in [9.17, 15) is 28.8 Å². The van der Waals surface area contributed by atoms with Gasteiger partial charge in [0.05, 0.1) is 12.5 Å². The van der Waals surface area contributed by atoms with Crippen LogP contribution in [0.15, 0.2) is 0 Å². The summed E-state index contributed by atoms with van der Waals surface area (Å²) < 4.78 is 0. The molecule has 0 heterocycles. The topological polar surface area (TPSA) is 211 Å². The summed E-state index contributed by atoms with van der Waals surface area (Å²) >= 11 is 0. The minimum Gasteiger partial charge on any atom is -0.396 e. The number of primary amides is 2. The van der Waals surface area contributed by atoms with Crippen molar-refractivity contribution in [3.8, 4) is 0 Å². The molecule has 224 valence electrons. The number of aliphatic hydroxyl groups excluding tert-OH is 1. The van der Waals surface area contributed by atoms with Crippen molar-refractivity contribution in [2.75, 3.05) is 6.61 Å². The molecule has 0 spiro atoms. The maximum absolute atomic E-state index is 12.9. The molecule has 0 aromatic rings. The molecule has 0 aliphatic carbocycles. The molecule has 5 amide bonds. The lowest BCUT2D eigenvalue weighted by atomic mass is 10.0. The number of nitrogens with two attached hydrogens (primary N) is 2. The number of hydrogen-bond donors (Lipinski definition) is 6. The highest BCUT2D eigenvalue weighted by atomic mass is 16.3. The molecule has 0 bridgehead atoms. The molecule has 0 unspecified atom stereocenters. The van der Waals surface area contributed by atoms with E-state index in [0.29, 0.717) is 19.1 Å². The van der Waals surface area contributed by atoms with Gasteiger partial charge in [-0.3, -0.25) is 24.0 Å². The van der Waals surface area contributed by atoms with Crippen LogP contribution in [0.5, 0.6) is 0 Å². The van der Waals surface area contributed by atoms with Crippen molar-refractivity contribution in [2.24, 2.45) is 17.4 Å². The van der Waals surface area contributed by atoms with Crippen LogP contribution in [-0.2, 0) is 28.8 Å². The molecular formula is C27H49N5O7. The summed E-state index contributed by atoms with van der Waals surface area (Å²) in [5.41, 5.74) is 10.5. The Labute approximate surface area is 231 Å². The Bertz CT molecular complexity index is 776. The number of aliphatic hydroxyl groups is 1. The number of rotatable bonds is 24. The summed E-state index contributed by atoms with van der Waals surface area (Å²) in [5, 5.41) is 16.3. The molecule has 0 rings (SSSR count). The van der Waals surface area contributed by atoms with Gasteiger partial charge in [-0.1, -0.05) is 58.8 Å². The van der Waals surface area contributed by atoms with Crippen molar-refractivity contribution in [3.05, 3.63) is 0 Å². The first-order valence-corrected chi connectivity index (χ1v) is 14.0. The van der Waals surface area contributed by atoms with Gasteiger partial charge >= 0.3 is 0 Å². The zero-order valence-corrected chi connectivity index (χ0v) is 23.5. The highest BCUT2D eigenvalue weighted by Crippen LogP contribution is 2.11. The fraction of sp³-hybridized carbons (Fsp3) is 0.778. The van der Waals surface area contributed by atoms with Crippen molar-refractivity contribution in [1.29, 1.82) is 0 Å². The number of amides is 5. The average Bonchev–Trinajstić information content (AvgIpc) is 2.85. The van der Waals surface area contributed by atoms with Crippen LogP contribution in [-0.4, -0.2) is 65.7 Å². The molecule has 0 aromatic carbocycles. The van der Waals surface area contributed by atoms with Crippen LogP contribution in [0, 0.1) is 5.92 Å². The third-order valence-corrected chi connectivity index (χ3v) is 6.15. The molecule has 0 fully saturated rings. The van der Waals surface area contributed by atoms with Crippen molar-refractivity contribution in [1.82, 2.24) is 16.0 Å². The highest BCUT2D eigenvalue weighted by molar-refractivity contribution is 5.95. The van der Waals surface area contributed by atoms with Crippen LogP contribution in [0.1, 0.15) is 104 Å². The Hall–Kier alpha value is -3.02. The molecule has 0 aliphatic heterocycles. The molecule has 0 aliphatic rings. The van der Waals surface area contributed by atoms with Gasteiger partial charge in [-0.2, -0.15) is 0 Å². The second-order valence-electron chi connectivity index (χ2n) is 10.4. The van der Waals surface area contributed by atoms with E-state index in [1.165, 1.54) is 0 Å². The zero-order chi connectivity index (χ0) is 29.6. The second kappa shape index (κ2) is 21.9. The quantitative estimate of drug-likeness (QED) is 0.0741. The molecule has 0 saturated carbocycles. The SMILES string of the molecule is CC(C)C[C@@H](C=O)NC(=O)[C@H](CCC(N)=O)NC(=O)[C@H](CC(N)=O)NC(=O)CCCCCCCCCCCO. The second-order valence-corrected chi connectivity index (χ2v) is 10.4. The van der Waals surface area contributed by atoms with Crippen LogP contribution in [0.4, 0.5) is 0 Å². The van der Waals surface area contributed by atoms with E-state index in [0.717, 1.165) is 51.4 Å². The minimum absolute atomic E-state index is 0.122. The third-order valence-electron chi connectivity index (χ3n) is 6.15. The Morgan fingerprint density at radius 3 is 1.74 bits per heavy atom. The monoisotopic (exact) mass is 555 g/mol. The highest BCUT2D eigenvalue weighted by Gasteiger charge is 2.29. The molecule has 0 radical (unpaired) electrons. The van der Waals surface area contributed by atoms with Crippen LogP contribution in [0.3, 0.4) is 0 Å². The van der Waals surface area contributed by atoms with Gasteiger partial charge in [-0.05, 0) is 31.6 Å². The van der Waals surface area contributed by atoms with Crippen LogP contribution < -0.4 is 27.4 Å². The third kappa shape index (κ3) is 19.7. The fourth-order valence-electron chi connectivity index (χ4n) is 4.08. The Balaban J connectivity index is 4.91. The van der Waals surface area contributed by atoms with Crippen LogP contribution >= 0.6 is 0 Å². The summed E-state index contributed by atoms with van der Waals surface area (Å²) in [6, 6.07) is -3.29. The van der Waals surface area contributed by atoms with Crippen molar-refractivity contribution in [3.63, 3.8) is 0 Å². The molecular weight excluding hydrogens is 506 g/mol. The van der Waals surface area contributed by atoms with Gasteiger partial charge in [0.1, 0.15) is 18.4 Å². The number of carbonyl (C=O) groups is 6. The van der Waals surface area contributed by atoms with E-state index < -0.39 is 54.1 Å². The van der Waals surface area contributed by atoms with Crippen molar-refractivity contribution in [2.45, 2.75) is 122 Å². The molecule has 39 heavy (non-hydrogen) atoms. The van der Waals surface area contributed by atoms with Gasteiger partial charge in [0, 0.05) is 19.4 Å². The smallest absolute Gasteiger partial charge is 0.243 e. The van der Waals surface area contributed by atoms with Crippen molar-refractivity contribution >= 4 is 35.8 Å². The molecule has 3 atom stereocenters. The number of carbonyl (C=O) groups excluding carboxylic acids is 6. The molecule has 0 aromatic heterocycles. The van der Waals surface area contributed by atoms with E-state index >= 15 is 0 Å². The molecule has 12 heteroatoms. The van der Waals surface area contributed by atoms with E-state index in [-0.39, 0.29) is 31.8 Å². The summed E-state index contributed by atoms with van der Waals surface area (Å²) in [4.78, 5) is 72.4. The molecule has 12 nitrogen and oxygen atoms in total. The van der Waals surface area contributed by atoms with Crippen LogP contribution in [0.25, 0.3) is 0 Å². The standard InChI is InChI=1S/C27H49N5O7/c1-19(2)16-20(18-34)30-26(38)21(13-14-23(28)35)32-27(39)22(17-24(29)36)31-25(37)12-10-8-6-4-3-5-7-9-11-15-33/h18-22,33H,3-17H2,1-2H3,(H2,28,35)(H2,29,36)(H,30,38)(H,31,37)(H,32,39)/t20-,21-,22-/m0/s1. The zero-order valence-electron chi connectivity index (χ0n) is 23.5. The number of nitrogens with one attached hydrogen (secondary N) is 3. The van der Waals surface area contributed by atoms with E-state index in [2.05, 4.69) is 16.0 Å². The van der Waals surface area contributed by atoms with E-state index in [4.69, 9.17) is 16.6 Å². The number of hydrogen-bond acceptors (Lipinski definition) is 7. The predicted molar refractivity (Wildman–Crippen MR) is 147 cm³/mol. The lowest BCUT2D eigenvalue weighted by molar-refractivity contribution is -0.134. The van der Waals surface area contributed by atoms with Gasteiger partial charge in [-0.25, -0.2) is 0 Å². The maximum atomic E-state index is 12.9. The first kappa shape index (κ1) is 36.0. The minimum atomic E-state index is -1.30. The average molecular weight is 556 g/mol. The van der Waals surface area contributed by atoms with Gasteiger partial charge in [0.15, 0.2) is 0 Å². The number of aldehydes is 1. The van der Waals surface area contributed by atoms with Crippen molar-refractivity contribution < 1.29 is 33.9 Å². The lowest BCUT2D eigenvalue weighted by Crippen LogP contribution is -2.56. The van der Waals surface area contributed by atoms with E-state index in [1.807, 2.05) is 13.8 Å². The van der Waals surface area contributed by atoms with Gasteiger partial charge in [0.2, 0.25) is 29.5 Å². The largest absolute Gasteiger partial charge is 0.396 e. The molecule has 8 N–H and O–H groups in total. The predicted octanol–water partition coefficient (Wildman–Crippen LogP) is 0.720. The normalized spacial score (nSPS) is 13.2. The van der Waals surface area contributed by atoms with E-state index in [1.54, 1.807) is 0 Å². The summed E-state index contributed by atoms with van der Waals surface area (Å²) in [6.07, 6.45) is 9.06. The summed E-state index contributed by atoms with van der Waals surface area (Å²) in [5.74, 6) is -3.28. The summed E-state index contributed by atoms with van der Waals surface area (Å²) in [7, 11) is 0. The first-order chi connectivity index (χ1) is 18.5. The fourth-order valence-corrected chi connectivity index (χ4v) is 4.08. The van der Waals surface area contributed by atoms with Crippen LogP contribution in [0.2, 0.25) is 0 Å². The maximum Gasteiger partial charge on any atom is 0.243 e. The van der Waals surface area contributed by atoms with Gasteiger partial charge < -0.3 is 37.3 Å². The summed E-state index contributed by atoms with van der Waals surface area (Å²) in [6.45, 7) is 4.00.